The number of hydrogen-bond donors (Lipinski definition) is 1. The SMILES string of the molecule is Nc1cc(C(F)(F)F)cc(Oc2ccc(F)cc2Br)n1. The van der Waals surface area contributed by atoms with Gasteiger partial charge in [-0.15, -0.1) is 0 Å². The zero-order chi connectivity index (χ0) is 14.9. The zero-order valence-electron chi connectivity index (χ0n) is 9.71. The molecular formula is C12H7BrF4N2O. The molecule has 1 heterocycles. The Bertz CT molecular complexity index is 646. The van der Waals surface area contributed by atoms with Crippen molar-refractivity contribution < 1.29 is 22.3 Å². The number of anilines is 1. The fourth-order valence-electron chi connectivity index (χ4n) is 1.41. The lowest BCUT2D eigenvalue weighted by molar-refractivity contribution is -0.137. The van der Waals surface area contributed by atoms with Gasteiger partial charge in [0.2, 0.25) is 5.88 Å². The largest absolute Gasteiger partial charge is 0.438 e. The second-order valence-electron chi connectivity index (χ2n) is 3.79. The third-order valence-electron chi connectivity index (χ3n) is 2.26. The van der Waals surface area contributed by atoms with E-state index in [-0.39, 0.29) is 21.9 Å². The molecule has 0 spiro atoms. The molecule has 1 aromatic carbocycles. The van der Waals surface area contributed by atoms with E-state index in [4.69, 9.17) is 10.5 Å². The van der Waals surface area contributed by atoms with Crippen molar-refractivity contribution in [3.8, 4) is 11.6 Å². The van der Waals surface area contributed by atoms with Gasteiger partial charge in [-0.1, -0.05) is 0 Å². The molecule has 2 aromatic rings. The number of pyridine rings is 1. The highest BCUT2D eigenvalue weighted by Gasteiger charge is 2.31. The van der Waals surface area contributed by atoms with Crippen LogP contribution in [0.2, 0.25) is 0 Å². The molecule has 0 saturated heterocycles. The van der Waals surface area contributed by atoms with Gasteiger partial charge in [-0.3, -0.25) is 0 Å². The summed E-state index contributed by atoms with van der Waals surface area (Å²) in [4.78, 5) is 3.65. The zero-order valence-corrected chi connectivity index (χ0v) is 11.3. The first-order valence-corrected chi connectivity index (χ1v) is 6.02. The van der Waals surface area contributed by atoms with E-state index in [1.807, 2.05) is 0 Å². The minimum atomic E-state index is -4.56. The molecule has 20 heavy (non-hydrogen) atoms. The summed E-state index contributed by atoms with van der Waals surface area (Å²) in [5, 5.41) is 0. The summed E-state index contributed by atoms with van der Waals surface area (Å²) in [5.74, 6) is -1.05. The van der Waals surface area contributed by atoms with Gasteiger partial charge in [0.15, 0.2) is 0 Å². The van der Waals surface area contributed by atoms with Crippen LogP contribution < -0.4 is 10.5 Å². The Hall–Kier alpha value is -1.83. The number of rotatable bonds is 2. The van der Waals surface area contributed by atoms with Gasteiger partial charge >= 0.3 is 6.18 Å². The molecule has 2 rings (SSSR count). The number of hydrogen-bond acceptors (Lipinski definition) is 3. The second-order valence-corrected chi connectivity index (χ2v) is 4.65. The highest BCUT2D eigenvalue weighted by Crippen LogP contribution is 2.34. The Kier molecular flexibility index (Phi) is 3.85. The molecule has 0 aliphatic rings. The molecule has 0 aliphatic carbocycles. The summed E-state index contributed by atoms with van der Waals surface area (Å²) >= 11 is 3.03. The normalized spacial score (nSPS) is 11.4. The minimum absolute atomic E-state index is 0.123. The van der Waals surface area contributed by atoms with Crippen molar-refractivity contribution in [2.75, 3.05) is 5.73 Å². The molecule has 0 radical (unpaired) electrons. The van der Waals surface area contributed by atoms with E-state index in [1.165, 1.54) is 6.07 Å². The molecular weight excluding hydrogens is 344 g/mol. The van der Waals surface area contributed by atoms with Crippen LogP contribution in [0.15, 0.2) is 34.8 Å². The fourth-order valence-corrected chi connectivity index (χ4v) is 1.84. The molecule has 8 heteroatoms. The molecule has 106 valence electrons. The van der Waals surface area contributed by atoms with Crippen LogP contribution in [0.4, 0.5) is 23.4 Å². The maximum atomic E-state index is 12.9. The van der Waals surface area contributed by atoms with Crippen molar-refractivity contribution in [2.45, 2.75) is 6.18 Å². The van der Waals surface area contributed by atoms with Crippen molar-refractivity contribution >= 4 is 21.7 Å². The average molecular weight is 351 g/mol. The molecule has 0 aliphatic heterocycles. The van der Waals surface area contributed by atoms with Gasteiger partial charge in [0.05, 0.1) is 10.0 Å². The summed E-state index contributed by atoms with van der Waals surface area (Å²) in [6.07, 6.45) is -4.56. The van der Waals surface area contributed by atoms with Crippen LogP contribution in [0.3, 0.4) is 0 Å². The molecule has 3 nitrogen and oxygen atoms in total. The molecule has 0 bridgehead atoms. The topological polar surface area (TPSA) is 48.1 Å². The summed E-state index contributed by atoms with van der Waals surface area (Å²) < 4.78 is 56.2. The molecule has 0 saturated carbocycles. The van der Waals surface area contributed by atoms with Gasteiger partial charge in [0.25, 0.3) is 0 Å². The van der Waals surface area contributed by atoms with Crippen molar-refractivity contribution in [2.24, 2.45) is 0 Å². The quantitative estimate of drug-likeness (QED) is 0.817. The standard InChI is InChI=1S/C12H7BrF4N2O/c13-8-5-7(14)1-2-9(8)20-11-4-6(12(15,16)17)3-10(18)19-11/h1-5H,(H2,18,19). The van der Waals surface area contributed by atoms with Gasteiger partial charge in [0.1, 0.15) is 17.4 Å². The number of ether oxygens (including phenoxy) is 1. The van der Waals surface area contributed by atoms with Crippen LogP contribution in [-0.2, 0) is 6.18 Å². The van der Waals surface area contributed by atoms with E-state index >= 15 is 0 Å². The first-order valence-electron chi connectivity index (χ1n) is 5.23. The van der Waals surface area contributed by atoms with Crippen LogP contribution in [0, 0.1) is 5.82 Å². The highest BCUT2D eigenvalue weighted by molar-refractivity contribution is 9.10. The van der Waals surface area contributed by atoms with E-state index in [2.05, 4.69) is 20.9 Å². The van der Waals surface area contributed by atoms with Gasteiger partial charge in [-0.05, 0) is 40.2 Å². The van der Waals surface area contributed by atoms with E-state index in [1.54, 1.807) is 0 Å². The summed E-state index contributed by atoms with van der Waals surface area (Å²) in [5.41, 5.74) is 4.34. The Morgan fingerprint density at radius 1 is 1.15 bits per heavy atom. The second kappa shape index (κ2) is 5.28. The summed E-state index contributed by atoms with van der Waals surface area (Å²) in [6.45, 7) is 0. The minimum Gasteiger partial charge on any atom is -0.438 e. The maximum Gasteiger partial charge on any atom is 0.416 e. The molecule has 0 fully saturated rings. The molecule has 1 aromatic heterocycles. The van der Waals surface area contributed by atoms with Gasteiger partial charge in [0, 0.05) is 6.07 Å². The van der Waals surface area contributed by atoms with Crippen LogP contribution in [0.1, 0.15) is 5.56 Å². The van der Waals surface area contributed by atoms with Crippen LogP contribution in [0.5, 0.6) is 11.6 Å². The maximum absolute atomic E-state index is 12.9. The predicted molar refractivity (Wildman–Crippen MR) is 67.8 cm³/mol. The molecule has 2 N–H and O–H groups in total. The van der Waals surface area contributed by atoms with Crippen molar-refractivity contribution in [3.63, 3.8) is 0 Å². The lowest BCUT2D eigenvalue weighted by Gasteiger charge is -2.11. The third-order valence-corrected chi connectivity index (χ3v) is 2.88. The monoisotopic (exact) mass is 350 g/mol. The van der Waals surface area contributed by atoms with Crippen LogP contribution in [0.25, 0.3) is 0 Å². The molecule has 0 unspecified atom stereocenters. The average Bonchev–Trinajstić information content (AvgIpc) is 2.31. The number of aromatic nitrogens is 1. The van der Waals surface area contributed by atoms with Crippen LogP contribution in [-0.4, -0.2) is 4.98 Å². The van der Waals surface area contributed by atoms with E-state index in [9.17, 15) is 17.6 Å². The number of benzene rings is 1. The molecule has 0 atom stereocenters. The first-order chi connectivity index (χ1) is 9.25. The highest BCUT2D eigenvalue weighted by atomic mass is 79.9. The lowest BCUT2D eigenvalue weighted by Crippen LogP contribution is -2.07. The predicted octanol–water partition coefficient (Wildman–Crippen LogP) is 4.38. The first kappa shape index (κ1) is 14.6. The van der Waals surface area contributed by atoms with Gasteiger partial charge in [-0.25, -0.2) is 4.39 Å². The van der Waals surface area contributed by atoms with Crippen molar-refractivity contribution in [3.05, 3.63) is 46.2 Å². The lowest BCUT2D eigenvalue weighted by atomic mass is 10.2. The van der Waals surface area contributed by atoms with E-state index in [0.717, 1.165) is 12.1 Å². The van der Waals surface area contributed by atoms with Crippen molar-refractivity contribution in [1.82, 2.24) is 4.98 Å². The Balaban J connectivity index is 2.36. The summed E-state index contributed by atoms with van der Waals surface area (Å²) in [7, 11) is 0. The third kappa shape index (κ3) is 3.38. The number of nitrogen functional groups attached to an aromatic ring is 1. The fraction of sp³-hybridized carbons (Fsp3) is 0.0833. The Morgan fingerprint density at radius 3 is 2.45 bits per heavy atom. The smallest absolute Gasteiger partial charge is 0.416 e. The number of nitrogens with two attached hydrogens (primary N) is 1. The molecule has 0 amide bonds. The number of alkyl halides is 3. The summed E-state index contributed by atoms with van der Waals surface area (Å²) in [6, 6.07) is 4.90. The Morgan fingerprint density at radius 2 is 1.85 bits per heavy atom. The van der Waals surface area contributed by atoms with Crippen LogP contribution >= 0.6 is 15.9 Å². The number of halogens is 5. The Labute approximate surface area is 119 Å². The van der Waals surface area contributed by atoms with E-state index < -0.39 is 17.6 Å². The number of nitrogens with zero attached hydrogens (tertiary/aromatic N) is 1. The van der Waals surface area contributed by atoms with E-state index in [0.29, 0.717) is 12.1 Å². The van der Waals surface area contributed by atoms with Gasteiger partial charge < -0.3 is 10.5 Å². The van der Waals surface area contributed by atoms with Gasteiger partial charge in [-0.2, -0.15) is 18.2 Å². The van der Waals surface area contributed by atoms with Crippen molar-refractivity contribution in [1.29, 1.82) is 0 Å².